The van der Waals surface area contributed by atoms with Crippen molar-refractivity contribution in [2.45, 2.75) is 51.5 Å². The van der Waals surface area contributed by atoms with Crippen molar-refractivity contribution in [3.63, 3.8) is 0 Å². The highest BCUT2D eigenvalue weighted by molar-refractivity contribution is 6.31. The molecule has 0 spiro atoms. The van der Waals surface area contributed by atoms with Crippen LogP contribution in [0.25, 0.3) is 0 Å². The van der Waals surface area contributed by atoms with Gasteiger partial charge in [-0.15, -0.1) is 10.2 Å². The lowest BCUT2D eigenvalue weighted by molar-refractivity contribution is -0.108. The topological polar surface area (TPSA) is 80.1 Å². The molecule has 1 heterocycles. The first kappa shape index (κ1) is 25.8. The lowest BCUT2D eigenvalue weighted by Gasteiger charge is -2.06. The Labute approximate surface area is 184 Å². The van der Waals surface area contributed by atoms with Crippen LogP contribution in [-0.4, -0.2) is 60.4 Å². The highest BCUT2D eigenvalue weighted by atomic mass is 35.5. The SMILES string of the molecule is CN(C)C.CNc1cccc(Cl)c1C.O=CCCc1nnc(CCC=O)n1C1CC1. The van der Waals surface area contributed by atoms with E-state index in [1.807, 2.05) is 58.2 Å². The second kappa shape index (κ2) is 13.9. The molecular formula is C22H34ClN5O2. The summed E-state index contributed by atoms with van der Waals surface area (Å²) in [6.07, 6.45) is 6.37. The molecule has 1 aliphatic rings. The molecule has 0 bridgehead atoms. The van der Waals surface area contributed by atoms with Crippen molar-refractivity contribution >= 4 is 29.9 Å². The number of halogens is 1. The largest absolute Gasteiger partial charge is 0.388 e. The fourth-order valence-corrected chi connectivity index (χ4v) is 2.88. The van der Waals surface area contributed by atoms with Gasteiger partial charge in [0.05, 0.1) is 0 Å². The van der Waals surface area contributed by atoms with Gasteiger partial charge in [-0.3, -0.25) is 0 Å². The molecule has 2 aromatic rings. The monoisotopic (exact) mass is 435 g/mol. The van der Waals surface area contributed by atoms with Gasteiger partial charge in [0.2, 0.25) is 0 Å². The van der Waals surface area contributed by atoms with Gasteiger partial charge in [0, 0.05) is 49.5 Å². The summed E-state index contributed by atoms with van der Waals surface area (Å²) in [5.74, 6) is 1.77. The van der Waals surface area contributed by atoms with E-state index in [2.05, 4.69) is 20.1 Å². The highest BCUT2D eigenvalue weighted by Gasteiger charge is 2.28. The Hall–Kier alpha value is -2.25. The van der Waals surface area contributed by atoms with E-state index < -0.39 is 0 Å². The predicted molar refractivity (Wildman–Crippen MR) is 122 cm³/mol. The van der Waals surface area contributed by atoms with E-state index in [1.54, 1.807) is 0 Å². The number of hydrogen-bond donors (Lipinski definition) is 1. The van der Waals surface area contributed by atoms with Crippen LogP contribution in [0.4, 0.5) is 5.69 Å². The number of aldehydes is 2. The zero-order chi connectivity index (χ0) is 22.5. The van der Waals surface area contributed by atoms with Crippen LogP contribution in [0.15, 0.2) is 18.2 Å². The minimum absolute atomic E-state index is 0.485. The minimum Gasteiger partial charge on any atom is -0.388 e. The molecule has 7 nitrogen and oxygen atoms in total. The first-order valence-electron chi connectivity index (χ1n) is 10.2. The number of carbonyl (C=O) groups excluding carboxylic acids is 2. The standard InChI is InChI=1S/C11H15N3O2.C8H10ClN.C3H9N/c15-7-1-3-10-12-13-11(4-2-8-16)14(10)9-5-6-9;1-6-7(9)4-3-5-8(6)10-2;1-4(2)3/h7-9H,1-6H2;3-5,10H,1-2H3;1-3H3. The van der Waals surface area contributed by atoms with Gasteiger partial charge < -0.3 is 24.4 Å². The normalized spacial score (nSPS) is 12.4. The summed E-state index contributed by atoms with van der Waals surface area (Å²) in [5, 5.41) is 12.1. The number of rotatable bonds is 8. The molecule has 1 aromatic carbocycles. The number of aryl methyl sites for hydroxylation is 2. The first-order valence-corrected chi connectivity index (χ1v) is 10.6. The van der Waals surface area contributed by atoms with Crippen molar-refractivity contribution in [3.05, 3.63) is 40.4 Å². The lowest BCUT2D eigenvalue weighted by Crippen LogP contribution is -2.06. The Balaban J connectivity index is 0.000000274. The van der Waals surface area contributed by atoms with E-state index in [0.29, 0.717) is 31.7 Å². The third-order valence-corrected chi connectivity index (χ3v) is 4.67. The Morgan fingerprint density at radius 3 is 1.97 bits per heavy atom. The molecule has 30 heavy (non-hydrogen) atoms. The molecule has 166 valence electrons. The summed E-state index contributed by atoms with van der Waals surface area (Å²) in [5.41, 5.74) is 2.19. The van der Waals surface area contributed by atoms with E-state index in [9.17, 15) is 9.59 Å². The smallest absolute Gasteiger partial charge is 0.133 e. The number of carbonyl (C=O) groups is 2. The molecule has 0 atom stereocenters. The van der Waals surface area contributed by atoms with Crippen LogP contribution in [0.5, 0.6) is 0 Å². The van der Waals surface area contributed by atoms with Crippen LogP contribution in [0.1, 0.15) is 48.9 Å². The third-order valence-electron chi connectivity index (χ3n) is 4.26. The highest BCUT2D eigenvalue weighted by Crippen LogP contribution is 2.37. The van der Waals surface area contributed by atoms with E-state index in [4.69, 9.17) is 11.6 Å². The molecule has 0 saturated heterocycles. The molecule has 1 N–H and O–H groups in total. The number of hydrogen-bond acceptors (Lipinski definition) is 6. The number of aromatic nitrogens is 3. The van der Waals surface area contributed by atoms with Gasteiger partial charge in [0.1, 0.15) is 24.2 Å². The van der Waals surface area contributed by atoms with Gasteiger partial charge >= 0.3 is 0 Å². The zero-order valence-electron chi connectivity index (χ0n) is 18.7. The van der Waals surface area contributed by atoms with Crippen molar-refractivity contribution in [2.75, 3.05) is 33.5 Å². The average molecular weight is 436 g/mol. The number of anilines is 1. The van der Waals surface area contributed by atoms with Crippen molar-refractivity contribution in [3.8, 4) is 0 Å². The summed E-state index contributed by atoms with van der Waals surface area (Å²) in [4.78, 5) is 22.7. The van der Waals surface area contributed by atoms with Gasteiger partial charge in [0.25, 0.3) is 0 Å². The van der Waals surface area contributed by atoms with Crippen molar-refractivity contribution < 1.29 is 9.59 Å². The summed E-state index contributed by atoms with van der Waals surface area (Å²) < 4.78 is 2.12. The minimum atomic E-state index is 0.485. The van der Waals surface area contributed by atoms with Crippen molar-refractivity contribution in [1.82, 2.24) is 19.7 Å². The molecule has 0 aliphatic heterocycles. The zero-order valence-corrected chi connectivity index (χ0v) is 19.4. The fourth-order valence-electron chi connectivity index (χ4n) is 2.71. The summed E-state index contributed by atoms with van der Waals surface area (Å²) in [6.45, 7) is 1.99. The molecule has 3 rings (SSSR count). The molecule has 1 aliphatic carbocycles. The quantitative estimate of drug-likeness (QED) is 0.636. The molecule has 8 heteroatoms. The maximum atomic E-state index is 10.4. The number of nitrogens with zero attached hydrogens (tertiary/aromatic N) is 4. The Kier molecular flexibility index (Phi) is 11.9. The molecule has 0 amide bonds. The van der Waals surface area contributed by atoms with Crippen LogP contribution < -0.4 is 5.32 Å². The van der Waals surface area contributed by atoms with Gasteiger partial charge in [-0.05, 0) is 58.6 Å². The Bertz CT molecular complexity index is 756. The van der Waals surface area contributed by atoms with Crippen LogP contribution in [-0.2, 0) is 22.4 Å². The maximum Gasteiger partial charge on any atom is 0.133 e. The van der Waals surface area contributed by atoms with Crippen LogP contribution in [0, 0.1) is 6.92 Å². The molecular weight excluding hydrogens is 402 g/mol. The van der Waals surface area contributed by atoms with Gasteiger partial charge in [-0.1, -0.05) is 17.7 Å². The second-order valence-electron chi connectivity index (χ2n) is 7.55. The van der Waals surface area contributed by atoms with Crippen LogP contribution >= 0.6 is 11.6 Å². The van der Waals surface area contributed by atoms with Gasteiger partial charge in [-0.2, -0.15) is 0 Å². The second-order valence-corrected chi connectivity index (χ2v) is 7.96. The van der Waals surface area contributed by atoms with Gasteiger partial charge in [0.15, 0.2) is 0 Å². The Morgan fingerprint density at radius 2 is 1.60 bits per heavy atom. The van der Waals surface area contributed by atoms with E-state index in [-0.39, 0.29) is 0 Å². The van der Waals surface area contributed by atoms with Gasteiger partial charge in [-0.25, -0.2) is 0 Å². The summed E-state index contributed by atoms with van der Waals surface area (Å²) in [6, 6.07) is 6.32. The molecule has 1 fully saturated rings. The van der Waals surface area contributed by atoms with Crippen LogP contribution in [0.2, 0.25) is 5.02 Å². The van der Waals surface area contributed by atoms with Crippen LogP contribution in [0.3, 0.4) is 0 Å². The number of nitrogens with one attached hydrogen (secondary N) is 1. The first-order chi connectivity index (χ1) is 14.3. The molecule has 1 aromatic heterocycles. The summed E-state index contributed by atoms with van der Waals surface area (Å²) in [7, 11) is 7.89. The van der Waals surface area contributed by atoms with Crippen molar-refractivity contribution in [1.29, 1.82) is 0 Å². The average Bonchev–Trinajstić information content (AvgIpc) is 3.47. The van der Waals surface area contributed by atoms with E-state index in [0.717, 1.165) is 53.3 Å². The molecule has 0 unspecified atom stereocenters. The molecule has 1 saturated carbocycles. The van der Waals surface area contributed by atoms with E-state index in [1.165, 1.54) is 0 Å². The fraction of sp³-hybridized carbons (Fsp3) is 0.545. The maximum absolute atomic E-state index is 10.4. The predicted octanol–water partition coefficient (Wildman–Crippen LogP) is 3.74. The summed E-state index contributed by atoms with van der Waals surface area (Å²) >= 11 is 5.85. The van der Waals surface area contributed by atoms with E-state index >= 15 is 0 Å². The third kappa shape index (κ3) is 9.05. The Morgan fingerprint density at radius 1 is 1.10 bits per heavy atom. The van der Waals surface area contributed by atoms with Crippen molar-refractivity contribution in [2.24, 2.45) is 0 Å². The number of benzene rings is 1. The molecule has 0 radical (unpaired) electrons. The lowest BCUT2D eigenvalue weighted by atomic mass is 10.2.